The number of likely N-dealkylation sites (N-methyl/N-ethyl adjacent to an activating group) is 1. The van der Waals surface area contributed by atoms with Crippen LogP contribution in [-0.2, 0) is 11.3 Å². The minimum absolute atomic E-state index is 0.0769. The van der Waals surface area contributed by atoms with Gasteiger partial charge in [0.05, 0.1) is 16.8 Å². The van der Waals surface area contributed by atoms with E-state index in [1.165, 1.54) is 4.68 Å². The molecule has 1 saturated heterocycles. The third kappa shape index (κ3) is 4.01. The van der Waals surface area contributed by atoms with Crippen LogP contribution in [0.1, 0.15) is 16.8 Å². The lowest BCUT2D eigenvalue weighted by molar-refractivity contribution is 0.0663. The highest BCUT2D eigenvalue weighted by Gasteiger charge is 2.28. The van der Waals surface area contributed by atoms with E-state index >= 15 is 0 Å². The molecule has 3 heterocycles. The Balaban J connectivity index is 1.78. The molecule has 0 unspecified atom stereocenters. The van der Waals surface area contributed by atoms with E-state index in [0.717, 1.165) is 19.5 Å². The van der Waals surface area contributed by atoms with E-state index in [4.69, 9.17) is 4.74 Å². The zero-order valence-electron chi connectivity index (χ0n) is 17.5. The monoisotopic (exact) mass is 409 g/mol. The molecule has 0 bridgehead atoms. The smallest absolute Gasteiger partial charge is 0.282 e. The molecule has 0 spiro atoms. The Bertz CT molecular complexity index is 1030. The highest BCUT2D eigenvalue weighted by atomic mass is 16.5. The van der Waals surface area contributed by atoms with Crippen molar-refractivity contribution >= 4 is 5.91 Å². The van der Waals surface area contributed by atoms with Crippen molar-refractivity contribution in [2.24, 2.45) is 0 Å². The van der Waals surface area contributed by atoms with E-state index in [1.54, 1.807) is 13.3 Å². The summed E-state index contributed by atoms with van der Waals surface area (Å²) in [5.41, 5.74) is 1.85. The van der Waals surface area contributed by atoms with Crippen LogP contribution in [0.25, 0.3) is 16.9 Å². The number of benzene rings is 1. The molecule has 30 heavy (non-hydrogen) atoms. The fourth-order valence-corrected chi connectivity index (χ4v) is 3.76. The van der Waals surface area contributed by atoms with Crippen LogP contribution in [0, 0.1) is 0 Å². The average Bonchev–Trinajstić information content (AvgIpc) is 3.11. The summed E-state index contributed by atoms with van der Waals surface area (Å²) in [5, 5.41) is 4.56. The minimum Gasteiger partial charge on any atom is -0.385 e. The van der Waals surface area contributed by atoms with Crippen molar-refractivity contribution in [3.63, 3.8) is 0 Å². The van der Waals surface area contributed by atoms with Gasteiger partial charge in [-0.05, 0) is 25.6 Å². The lowest BCUT2D eigenvalue weighted by Gasteiger charge is -2.32. The van der Waals surface area contributed by atoms with E-state index in [0.29, 0.717) is 48.7 Å². The Morgan fingerprint density at radius 2 is 1.83 bits per heavy atom. The molecule has 0 N–H and O–H groups in total. The van der Waals surface area contributed by atoms with Gasteiger partial charge in [-0.15, -0.1) is 0 Å². The van der Waals surface area contributed by atoms with E-state index in [2.05, 4.69) is 17.0 Å². The molecule has 0 radical (unpaired) electrons. The summed E-state index contributed by atoms with van der Waals surface area (Å²) in [7, 11) is 3.72. The molecule has 8 heteroatoms. The molecule has 0 aromatic heterocycles. The van der Waals surface area contributed by atoms with Gasteiger partial charge >= 0.3 is 0 Å². The number of carbonyl (C=O) groups excluding carboxylic acids is 1. The van der Waals surface area contributed by atoms with Gasteiger partial charge < -0.3 is 19.1 Å². The second-order valence-electron chi connectivity index (χ2n) is 7.67. The normalized spacial score (nSPS) is 15.1. The molecule has 0 atom stereocenters. The van der Waals surface area contributed by atoms with Crippen molar-refractivity contribution in [3.8, 4) is 16.9 Å². The minimum atomic E-state index is -0.218. The van der Waals surface area contributed by atoms with Gasteiger partial charge in [-0.1, -0.05) is 18.2 Å². The molecule has 3 aliphatic rings. The van der Waals surface area contributed by atoms with Crippen molar-refractivity contribution in [1.82, 2.24) is 24.1 Å². The van der Waals surface area contributed by atoms with Gasteiger partial charge in [0.15, 0.2) is 0 Å². The molecule has 0 saturated carbocycles. The molecule has 1 fully saturated rings. The maximum atomic E-state index is 13.4. The Labute approximate surface area is 175 Å². The predicted molar refractivity (Wildman–Crippen MR) is 114 cm³/mol. The van der Waals surface area contributed by atoms with E-state index in [-0.39, 0.29) is 11.5 Å². The van der Waals surface area contributed by atoms with Gasteiger partial charge in [0.2, 0.25) is 0 Å². The number of fused-ring (bicyclic) bond motifs is 1. The maximum absolute atomic E-state index is 13.4. The van der Waals surface area contributed by atoms with Gasteiger partial charge in [-0.3, -0.25) is 9.59 Å². The lowest BCUT2D eigenvalue weighted by atomic mass is 10.1. The van der Waals surface area contributed by atoms with Crippen molar-refractivity contribution < 1.29 is 9.53 Å². The predicted octanol–water partition coefficient (Wildman–Crippen LogP) is 1.56. The first-order chi connectivity index (χ1) is 14.6. The molecule has 1 aromatic carbocycles. The van der Waals surface area contributed by atoms with Crippen LogP contribution in [0.5, 0.6) is 0 Å². The average molecular weight is 409 g/mol. The highest BCUT2D eigenvalue weighted by Crippen LogP contribution is 2.24. The third-order valence-corrected chi connectivity index (χ3v) is 5.51. The Hall–Kier alpha value is -2.97. The number of para-hydroxylation sites is 1. The van der Waals surface area contributed by atoms with Crippen molar-refractivity contribution in [3.05, 3.63) is 58.6 Å². The first kappa shape index (κ1) is 20.3. The highest BCUT2D eigenvalue weighted by molar-refractivity contribution is 6.00. The molecule has 1 aromatic rings. The summed E-state index contributed by atoms with van der Waals surface area (Å²) >= 11 is 0. The van der Waals surface area contributed by atoms with Crippen molar-refractivity contribution in [2.75, 3.05) is 46.9 Å². The Kier molecular flexibility index (Phi) is 5.96. The van der Waals surface area contributed by atoms with Crippen LogP contribution in [-0.4, -0.2) is 77.0 Å². The molecule has 1 amide bonds. The van der Waals surface area contributed by atoms with Crippen LogP contribution in [0.2, 0.25) is 0 Å². The van der Waals surface area contributed by atoms with Crippen LogP contribution in [0.15, 0.2) is 47.5 Å². The number of piperazine rings is 1. The maximum Gasteiger partial charge on any atom is 0.282 e. The number of amides is 1. The molecule has 4 rings (SSSR count). The molecule has 158 valence electrons. The molecular formula is C22H27N5O3. The van der Waals surface area contributed by atoms with Gasteiger partial charge in [-0.2, -0.15) is 9.78 Å². The molecule has 8 nitrogen and oxygen atoms in total. The van der Waals surface area contributed by atoms with Gasteiger partial charge in [-0.25, -0.2) is 0 Å². The quantitative estimate of drug-likeness (QED) is 0.578. The molecule has 0 aliphatic carbocycles. The summed E-state index contributed by atoms with van der Waals surface area (Å²) in [6, 6.07) is 9.29. The van der Waals surface area contributed by atoms with Crippen LogP contribution >= 0.6 is 0 Å². The third-order valence-electron chi connectivity index (χ3n) is 5.51. The van der Waals surface area contributed by atoms with E-state index in [9.17, 15) is 9.59 Å². The van der Waals surface area contributed by atoms with Crippen LogP contribution in [0.4, 0.5) is 0 Å². The number of aryl methyl sites for hydroxylation is 1. The first-order valence-corrected chi connectivity index (χ1v) is 10.2. The number of aromatic nitrogens is 3. The zero-order chi connectivity index (χ0) is 21.1. The topological polar surface area (TPSA) is 72.6 Å². The van der Waals surface area contributed by atoms with Gasteiger partial charge in [0.1, 0.15) is 5.69 Å². The summed E-state index contributed by atoms with van der Waals surface area (Å²) in [4.78, 5) is 30.6. The number of hydrogen-bond acceptors (Lipinski definition) is 5. The van der Waals surface area contributed by atoms with E-state index in [1.807, 2.05) is 46.0 Å². The number of rotatable bonds is 6. The summed E-state index contributed by atoms with van der Waals surface area (Å²) in [5.74, 6) is -0.0769. The molecular weight excluding hydrogens is 382 g/mol. The first-order valence-electron chi connectivity index (χ1n) is 10.2. The largest absolute Gasteiger partial charge is 0.385 e. The Morgan fingerprint density at radius 3 is 2.53 bits per heavy atom. The second-order valence-corrected chi connectivity index (χ2v) is 7.67. The standard InChI is InChI=1S/C22H27N5O3/c1-24-10-12-26(13-11-24)21(28)18-15-25(9-6-14-30-2)16-19-20(18)23-27(22(19)29)17-7-4-3-5-8-17/h3-5,7-8,15-16H,6,9-14H2,1-2H3. The second kappa shape index (κ2) is 8.81. The molecule has 3 aliphatic heterocycles. The number of ether oxygens (including phenoxy) is 1. The fraction of sp³-hybridized carbons (Fsp3) is 0.409. The number of pyridine rings is 1. The number of methoxy groups -OCH3 is 1. The Morgan fingerprint density at radius 1 is 1.10 bits per heavy atom. The van der Waals surface area contributed by atoms with Gasteiger partial charge in [0.25, 0.3) is 11.5 Å². The number of nitrogens with zero attached hydrogens (tertiary/aromatic N) is 5. The summed E-state index contributed by atoms with van der Waals surface area (Å²) in [6.45, 7) is 4.27. The SMILES string of the molecule is COCCCn1cc(C(=O)N2CCN(C)CC2)c2nn(-c3ccccc3)c(=O)c-2c1. The van der Waals surface area contributed by atoms with Crippen molar-refractivity contribution in [1.29, 1.82) is 0 Å². The van der Waals surface area contributed by atoms with E-state index < -0.39 is 0 Å². The number of carbonyl (C=O) groups is 1. The fourth-order valence-electron chi connectivity index (χ4n) is 3.76. The zero-order valence-corrected chi connectivity index (χ0v) is 17.5. The number of hydrogen-bond donors (Lipinski definition) is 0. The lowest BCUT2D eigenvalue weighted by Crippen LogP contribution is -2.47. The van der Waals surface area contributed by atoms with Crippen LogP contribution < -0.4 is 5.56 Å². The van der Waals surface area contributed by atoms with Gasteiger partial charge in [0, 0.05) is 58.8 Å². The van der Waals surface area contributed by atoms with Crippen LogP contribution in [0.3, 0.4) is 0 Å². The summed E-state index contributed by atoms with van der Waals surface area (Å²) < 4.78 is 8.43. The van der Waals surface area contributed by atoms with Crippen molar-refractivity contribution in [2.45, 2.75) is 13.0 Å². The summed E-state index contributed by atoms with van der Waals surface area (Å²) in [6.07, 6.45) is 4.40.